The first-order valence-corrected chi connectivity index (χ1v) is 7.64. The maximum atomic E-state index is 11.9. The average molecular weight is 285 g/mol. The van der Waals surface area contributed by atoms with E-state index in [-0.39, 0.29) is 24.1 Å². The van der Waals surface area contributed by atoms with Gasteiger partial charge in [-0.05, 0) is 44.2 Å². The fraction of sp³-hybridized carbons (Fsp3) is 0.933. The first-order chi connectivity index (χ1) is 9.30. The van der Waals surface area contributed by atoms with E-state index in [0.717, 1.165) is 19.5 Å². The fourth-order valence-corrected chi connectivity index (χ4v) is 2.81. The molecule has 0 aromatic rings. The van der Waals surface area contributed by atoms with Gasteiger partial charge in [-0.3, -0.25) is 0 Å². The first kappa shape index (κ1) is 17.2. The minimum atomic E-state index is -0.177. The third-order valence-electron chi connectivity index (χ3n) is 3.69. The smallest absolute Gasteiger partial charge is 0.315 e. The number of nitrogens with one attached hydrogen (secondary N) is 2. The largest absolute Gasteiger partial charge is 0.394 e. The molecule has 3 N–H and O–H groups in total. The van der Waals surface area contributed by atoms with Crippen LogP contribution in [0.25, 0.3) is 0 Å². The summed E-state index contributed by atoms with van der Waals surface area (Å²) in [5.74, 6) is 0.537. The van der Waals surface area contributed by atoms with Crippen molar-refractivity contribution in [3.05, 3.63) is 0 Å². The van der Waals surface area contributed by atoms with Gasteiger partial charge in [-0.15, -0.1) is 0 Å². The van der Waals surface area contributed by atoms with E-state index >= 15 is 0 Å². The number of likely N-dealkylation sites (tertiary alicyclic amines) is 1. The number of piperidine rings is 1. The van der Waals surface area contributed by atoms with E-state index in [9.17, 15) is 9.90 Å². The summed E-state index contributed by atoms with van der Waals surface area (Å²) < 4.78 is 0. The Morgan fingerprint density at radius 2 is 2.15 bits per heavy atom. The van der Waals surface area contributed by atoms with Gasteiger partial charge in [0.25, 0.3) is 0 Å². The summed E-state index contributed by atoms with van der Waals surface area (Å²) in [6.45, 7) is 9.21. The number of hydrogen-bond acceptors (Lipinski definition) is 3. The maximum absolute atomic E-state index is 11.9. The molecule has 2 amide bonds. The Kier molecular flexibility index (Phi) is 6.76. The van der Waals surface area contributed by atoms with E-state index in [4.69, 9.17) is 0 Å². The molecule has 20 heavy (non-hydrogen) atoms. The van der Waals surface area contributed by atoms with Crippen LogP contribution in [-0.4, -0.2) is 55.4 Å². The fourth-order valence-electron chi connectivity index (χ4n) is 2.81. The molecule has 1 fully saturated rings. The van der Waals surface area contributed by atoms with E-state index in [1.807, 2.05) is 0 Å². The molecular formula is C15H31N3O2. The minimum Gasteiger partial charge on any atom is -0.394 e. The van der Waals surface area contributed by atoms with Gasteiger partial charge in [0, 0.05) is 13.1 Å². The topological polar surface area (TPSA) is 64.6 Å². The quantitative estimate of drug-likeness (QED) is 0.716. The van der Waals surface area contributed by atoms with Crippen molar-refractivity contribution in [2.75, 3.05) is 33.3 Å². The highest BCUT2D eigenvalue weighted by Crippen LogP contribution is 2.20. The van der Waals surface area contributed by atoms with E-state index in [0.29, 0.717) is 12.5 Å². The van der Waals surface area contributed by atoms with Crippen molar-refractivity contribution in [3.8, 4) is 0 Å². The van der Waals surface area contributed by atoms with E-state index < -0.39 is 0 Å². The van der Waals surface area contributed by atoms with Crippen molar-refractivity contribution in [2.24, 2.45) is 11.3 Å². The van der Waals surface area contributed by atoms with Crippen molar-refractivity contribution in [1.82, 2.24) is 15.5 Å². The van der Waals surface area contributed by atoms with Gasteiger partial charge < -0.3 is 20.6 Å². The number of aliphatic hydroxyl groups excluding tert-OH is 1. The summed E-state index contributed by atoms with van der Waals surface area (Å²) >= 11 is 0. The number of urea groups is 1. The lowest BCUT2D eigenvalue weighted by Gasteiger charge is -2.30. The summed E-state index contributed by atoms with van der Waals surface area (Å²) in [7, 11) is 2.12. The lowest BCUT2D eigenvalue weighted by molar-refractivity contribution is 0.184. The molecule has 2 unspecified atom stereocenters. The van der Waals surface area contributed by atoms with Crippen LogP contribution in [0, 0.1) is 11.3 Å². The Labute approximate surface area is 123 Å². The maximum Gasteiger partial charge on any atom is 0.315 e. The second-order valence-electron chi connectivity index (χ2n) is 7.27. The highest BCUT2D eigenvalue weighted by atomic mass is 16.3. The molecule has 0 aliphatic carbocycles. The van der Waals surface area contributed by atoms with Crippen LogP contribution in [0.1, 0.15) is 40.0 Å². The lowest BCUT2D eigenvalue weighted by Crippen LogP contribution is -2.47. The summed E-state index contributed by atoms with van der Waals surface area (Å²) in [5, 5.41) is 15.1. The second kappa shape index (κ2) is 7.84. The van der Waals surface area contributed by atoms with E-state index in [1.165, 1.54) is 12.8 Å². The van der Waals surface area contributed by atoms with Crippen LogP contribution in [0.15, 0.2) is 0 Å². The van der Waals surface area contributed by atoms with Gasteiger partial charge in [-0.25, -0.2) is 4.79 Å². The number of hydrogen-bond donors (Lipinski definition) is 3. The third kappa shape index (κ3) is 7.10. The lowest BCUT2D eigenvalue weighted by atomic mass is 9.88. The number of aliphatic hydroxyl groups is 1. The van der Waals surface area contributed by atoms with Gasteiger partial charge in [0.2, 0.25) is 0 Å². The Hall–Kier alpha value is -0.810. The zero-order valence-electron chi connectivity index (χ0n) is 13.4. The summed E-state index contributed by atoms with van der Waals surface area (Å²) in [6.07, 6.45) is 3.15. The number of rotatable bonds is 5. The summed E-state index contributed by atoms with van der Waals surface area (Å²) in [5.41, 5.74) is 0.0900. The van der Waals surface area contributed by atoms with Gasteiger partial charge in [0.05, 0.1) is 12.6 Å². The molecule has 118 valence electrons. The Balaban J connectivity index is 2.27. The van der Waals surface area contributed by atoms with Crippen molar-refractivity contribution < 1.29 is 9.90 Å². The van der Waals surface area contributed by atoms with Gasteiger partial charge in [0.15, 0.2) is 0 Å². The molecule has 0 aromatic carbocycles. The Morgan fingerprint density at radius 3 is 2.70 bits per heavy atom. The standard InChI is InChI=1S/C15H31N3O2/c1-15(2,3)8-13(11-19)17-14(20)16-9-12-6-5-7-18(4)10-12/h12-13,19H,5-11H2,1-4H3,(H2,16,17,20). The van der Waals surface area contributed by atoms with Crippen LogP contribution in [0.2, 0.25) is 0 Å². The van der Waals surface area contributed by atoms with Gasteiger partial charge in [-0.1, -0.05) is 20.8 Å². The van der Waals surface area contributed by atoms with Gasteiger partial charge >= 0.3 is 6.03 Å². The molecule has 1 saturated heterocycles. The molecule has 5 nitrogen and oxygen atoms in total. The molecule has 0 aromatic heterocycles. The molecule has 2 atom stereocenters. The molecule has 5 heteroatoms. The van der Waals surface area contributed by atoms with E-state index in [1.54, 1.807) is 0 Å². The van der Waals surface area contributed by atoms with Crippen LogP contribution in [0.5, 0.6) is 0 Å². The molecule has 0 bridgehead atoms. The average Bonchev–Trinajstić information content (AvgIpc) is 2.34. The number of nitrogens with zero attached hydrogens (tertiary/aromatic N) is 1. The highest BCUT2D eigenvalue weighted by Gasteiger charge is 2.21. The SMILES string of the molecule is CN1CCCC(CNC(=O)NC(CO)CC(C)(C)C)C1. The van der Waals surface area contributed by atoms with Crippen molar-refractivity contribution in [1.29, 1.82) is 0 Å². The third-order valence-corrected chi connectivity index (χ3v) is 3.69. The minimum absolute atomic E-state index is 0.0170. The zero-order valence-corrected chi connectivity index (χ0v) is 13.4. The van der Waals surface area contributed by atoms with Crippen LogP contribution in [0.4, 0.5) is 4.79 Å². The van der Waals surface area contributed by atoms with Crippen molar-refractivity contribution >= 4 is 6.03 Å². The highest BCUT2D eigenvalue weighted by molar-refractivity contribution is 5.74. The Bertz CT molecular complexity index is 302. The number of amides is 2. The molecule has 0 radical (unpaired) electrons. The predicted molar refractivity (Wildman–Crippen MR) is 81.7 cm³/mol. The van der Waals surface area contributed by atoms with Crippen LogP contribution < -0.4 is 10.6 Å². The molecule has 1 rings (SSSR count). The molecule has 0 saturated carbocycles. The summed E-state index contributed by atoms with van der Waals surface area (Å²) in [4.78, 5) is 14.2. The Morgan fingerprint density at radius 1 is 1.45 bits per heavy atom. The van der Waals surface area contributed by atoms with Crippen molar-refractivity contribution in [2.45, 2.75) is 46.1 Å². The monoisotopic (exact) mass is 285 g/mol. The van der Waals surface area contributed by atoms with Crippen LogP contribution >= 0.6 is 0 Å². The second-order valence-corrected chi connectivity index (χ2v) is 7.27. The number of carbonyl (C=O) groups excluding carboxylic acids is 1. The number of carbonyl (C=O) groups is 1. The van der Waals surface area contributed by atoms with Crippen molar-refractivity contribution in [3.63, 3.8) is 0 Å². The van der Waals surface area contributed by atoms with Gasteiger partial charge in [-0.2, -0.15) is 0 Å². The molecule has 1 aliphatic rings. The van der Waals surface area contributed by atoms with E-state index in [2.05, 4.69) is 43.4 Å². The molecule has 1 heterocycles. The van der Waals surface area contributed by atoms with Crippen LogP contribution in [-0.2, 0) is 0 Å². The molecule has 0 spiro atoms. The van der Waals surface area contributed by atoms with Crippen LogP contribution in [0.3, 0.4) is 0 Å². The predicted octanol–water partition coefficient (Wildman–Crippen LogP) is 1.42. The molecule has 1 aliphatic heterocycles. The first-order valence-electron chi connectivity index (χ1n) is 7.64. The summed E-state index contributed by atoms with van der Waals surface area (Å²) in [6, 6.07) is -0.342. The normalized spacial score (nSPS) is 22.4. The van der Waals surface area contributed by atoms with Gasteiger partial charge in [0.1, 0.15) is 0 Å². The zero-order chi connectivity index (χ0) is 15.2. The molecular weight excluding hydrogens is 254 g/mol.